The summed E-state index contributed by atoms with van der Waals surface area (Å²) < 4.78 is 5.24. The first-order valence-corrected chi connectivity index (χ1v) is 8.62. The molecule has 2 aromatic rings. The third-order valence-corrected chi connectivity index (χ3v) is 5.02. The molecule has 0 atom stereocenters. The van der Waals surface area contributed by atoms with E-state index in [1.807, 2.05) is 48.3 Å². The lowest BCUT2D eigenvalue weighted by atomic mass is 10.1. The Morgan fingerprint density at radius 2 is 2.13 bits per heavy atom. The fraction of sp³-hybridized carbons (Fsp3) is 0.333. The van der Waals surface area contributed by atoms with Crippen LogP contribution in [0.2, 0.25) is 0 Å². The molecule has 0 aliphatic carbocycles. The Hall–Kier alpha value is -1.85. The maximum atomic E-state index is 11.4. The van der Waals surface area contributed by atoms with Gasteiger partial charge in [0.2, 0.25) is 5.88 Å². The minimum Gasteiger partial charge on any atom is -0.481 e. The van der Waals surface area contributed by atoms with Gasteiger partial charge in [-0.1, -0.05) is 24.3 Å². The number of carbonyl (C=O) groups is 1. The van der Waals surface area contributed by atoms with Gasteiger partial charge in [0.05, 0.1) is 7.11 Å². The first-order valence-electron chi connectivity index (χ1n) is 7.63. The van der Waals surface area contributed by atoms with Crippen LogP contribution in [-0.4, -0.2) is 35.1 Å². The van der Waals surface area contributed by atoms with Crippen molar-refractivity contribution in [3.05, 3.63) is 53.2 Å². The van der Waals surface area contributed by atoms with Gasteiger partial charge in [0.15, 0.2) is 5.78 Å². The van der Waals surface area contributed by atoms with Crippen LogP contribution < -0.4 is 4.74 Å². The van der Waals surface area contributed by atoms with Crippen LogP contribution in [-0.2, 0) is 13.1 Å². The van der Waals surface area contributed by atoms with Crippen LogP contribution in [0.15, 0.2) is 41.4 Å². The Balaban J connectivity index is 1.74. The van der Waals surface area contributed by atoms with Crippen molar-refractivity contribution in [1.29, 1.82) is 0 Å². The molecule has 0 bridgehead atoms. The van der Waals surface area contributed by atoms with Crippen LogP contribution >= 0.6 is 11.8 Å². The summed E-state index contributed by atoms with van der Waals surface area (Å²) in [7, 11) is 1.65. The number of carbonyl (C=O) groups excluding carboxylic acids is 1. The van der Waals surface area contributed by atoms with Crippen LogP contribution in [0.4, 0.5) is 0 Å². The Labute approximate surface area is 140 Å². The lowest BCUT2D eigenvalue weighted by Gasteiger charge is -2.20. The van der Waals surface area contributed by atoms with Gasteiger partial charge in [-0.05, 0) is 18.1 Å². The quantitative estimate of drug-likeness (QED) is 0.805. The molecule has 2 heterocycles. The molecule has 0 saturated carbocycles. The highest BCUT2D eigenvalue weighted by molar-refractivity contribution is 7.99. The van der Waals surface area contributed by atoms with Crippen molar-refractivity contribution in [3.63, 3.8) is 0 Å². The monoisotopic (exact) mass is 328 g/mol. The highest BCUT2D eigenvalue weighted by Crippen LogP contribution is 2.29. The predicted molar refractivity (Wildman–Crippen MR) is 92.1 cm³/mol. The second kappa shape index (κ2) is 7.15. The van der Waals surface area contributed by atoms with E-state index in [-0.39, 0.29) is 5.78 Å². The molecule has 0 N–H and O–H groups in total. The smallest absolute Gasteiger partial charge is 0.213 e. The highest BCUT2D eigenvalue weighted by atomic mass is 32.2. The van der Waals surface area contributed by atoms with E-state index in [1.54, 1.807) is 14.0 Å². The number of rotatable bonds is 4. The number of aromatic nitrogens is 1. The average Bonchev–Trinajstić information content (AvgIpc) is 2.76. The van der Waals surface area contributed by atoms with E-state index in [9.17, 15) is 4.79 Å². The van der Waals surface area contributed by atoms with Gasteiger partial charge in [-0.3, -0.25) is 9.69 Å². The molecule has 1 aromatic heterocycles. The van der Waals surface area contributed by atoms with E-state index in [1.165, 1.54) is 16.0 Å². The number of benzene rings is 1. The third kappa shape index (κ3) is 3.92. The zero-order valence-corrected chi connectivity index (χ0v) is 14.2. The SMILES string of the molecule is COc1cc2c(cn1)SCCN(Cc1ccc(C(C)=O)cc1)C2. The lowest BCUT2D eigenvalue weighted by molar-refractivity contribution is 0.101. The largest absolute Gasteiger partial charge is 0.481 e. The number of hydrogen-bond acceptors (Lipinski definition) is 5. The van der Waals surface area contributed by atoms with Crippen molar-refractivity contribution in [2.75, 3.05) is 19.4 Å². The summed E-state index contributed by atoms with van der Waals surface area (Å²) >= 11 is 1.85. The van der Waals surface area contributed by atoms with Crippen molar-refractivity contribution in [2.45, 2.75) is 24.9 Å². The zero-order chi connectivity index (χ0) is 16.2. The van der Waals surface area contributed by atoms with Crippen LogP contribution in [0.1, 0.15) is 28.4 Å². The molecule has 1 aliphatic rings. The van der Waals surface area contributed by atoms with Crippen LogP contribution in [0.25, 0.3) is 0 Å². The Bertz CT molecular complexity index is 701. The summed E-state index contributed by atoms with van der Waals surface area (Å²) in [5.74, 6) is 1.82. The molecule has 120 valence electrons. The first kappa shape index (κ1) is 16.0. The molecule has 5 heteroatoms. The molecule has 0 fully saturated rings. The van der Waals surface area contributed by atoms with Crippen molar-refractivity contribution < 1.29 is 9.53 Å². The number of nitrogens with zero attached hydrogens (tertiary/aromatic N) is 2. The Morgan fingerprint density at radius 1 is 1.35 bits per heavy atom. The normalized spacial score (nSPS) is 14.9. The number of thioether (sulfide) groups is 1. The molecule has 1 aliphatic heterocycles. The predicted octanol–water partition coefficient (Wildman–Crippen LogP) is 3.40. The van der Waals surface area contributed by atoms with Crippen LogP contribution in [0, 0.1) is 0 Å². The summed E-state index contributed by atoms with van der Waals surface area (Å²) in [6.45, 7) is 4.38. The van der Waals surface area contributed by atoms with Gasteiger partial charge >= 0.3 is 0 Å². The molecule has 0 saturated heterocycles. The van der Waals surface area contributed by atoms with Gasteiger partial charge in [0.1, 0.15) is 0 Å². The minimum atomic E-state index is 0.108. The highest BCUT2D eigenvalue weighted by Gasteiger charge is 2.16. The van der Waals surface area contributed by atoms with Crippen LogP contribution in [0.3, 0.4) is 0 Å². The standard InChI is InChI=1S/C18H20N2O2S/c1-13(21)15-5-3-14(4-6-15)11-20-7-8-23-17-10-19-18(22-2)9-16(17)12-20/h3-6,9-10H,7-8,11-12H2,1-2H3. The number of pyridine rings is 1. The summed E-state index contributed by atoms with van der Waals surface area (Å²) in [5.41, 5.74) is 3.26. The van der Waals surface area contributed by atoms with Crippen molar-refractivity contribution in [3.8, 4) is 5.88 Å². The number of hydrogen-bond donors (Lipinski definition) is 0. The number of fused-ring (bicyclic) bond motifs is 1. The van der Waals surface area contributed by atoms with Crippen molar-refractivity contribution in [1.82, 2.24) is 9.88 Å². The summed E-state index contributed by atoms with van der Waals surface area (Å²) in [4.78, 5) is 19.3. The Kier molecular flexibility index (Phi) is 4.98. The van der Waals surface area contributed by atoms with Crippen molar-refractivity contribution >= 4 is 17.5 Å². The maximum Gasteiger partial charge on any atom is 0.213 e. The van der Waals surface area contributed by atoms with Gasteiger partial charge < -0.3 is 4.74 Å². The molecule has 23 heavy (non-hydrogen) atoms. The third-order valence-electron chi connectivity index (χ3n) is 3.96. The lowest BCUT2D eigenvalue weighted by Crippen LogP contribution is -2.24. The van der Waals surface area contributed by atoms with Gasteiger partial charge in [0, 0.05) is 48.1 Å². The molecular formula is C18H20N2O2S. The fourth-order valence-electron chi connectivity index (χ4n) is 2.67. The average molecular weight is 328 g/mol. The van der Waals surface area contributed by atoms with Gasteiger partial charge in [0.25, 0.3) is 0 Å². The number of Topliss-reactive ketones (excluding diaryl/α,β-unsaturated/α-hetero) is 1. The van der Waals surface area contributed by atoms with E-state index in [2.05, 4.69) is 9.88 Å². The molecular weight excluding hydrogens is 308 g/mol. The van der Waals surface area contributed by atoms with E-state index in [4.69, 9.17) is 4.74 Å². The number of ether oxygens (including phenoxy) is 1. The second-order valence-corrected chi connectivity index (χ2v) is 6.78. The van der Waals surface area contributed by atoms with E-state index < -0.39 is 0 Å². The molecule has 3 rings (SSSR count). The van der Waals surface area contributed by atoms with Gasteiger partial charge in [-0.25, -0.2) is 4.98 Å². The fourth-order valence-corrected chi connectivity index (χ4v) is 3.68. The first-order chi connectivity index (χ1) is 11.2. The van der Waals surface area contributed by atoms with Gasteiger partial charge in [-0.15, -0.1) is 11.8 Å². The number of methoxy groups -OCH3 is 1. The molecule has 0 radical (unpaired) electrons. The minimum absolute atomic E-state index is 0.108. The summed E-state index contributed by atoms with van der Waals surface area (Å²) in [6.07, 6.45) is 1.91. The molecule has 4 nitrogen and oxygen atoms in total. The molecule has 0 spiro atoms. The van der Waals surface area contributed by atoms with Crippen LogP contribution in [0.5, 0.6) is 5.88 Å². The van der Waals surface area contributed by atoms with E-state index in [0.29, 0.717) is 5.88 Å². The molecule has 0 unspecified atom stereocenters. The second-order valence-electron chi connectivity index (χ2n) is 5.65. The molecule has 0 amide bonds. The van der Waals surface area contributed by atoms with E-state index in [0.717, 1.165) is 31.0 Å². The number of ketones is 1. The summed E-state index contributed by atoms with van der Waals surface area (Å²) in [5, 5.41) is 0. The topological polar surface area (TPSA) is 42.4 Å². The molecule has 1 aromatic carbocycles. The Morgan fingerprint density at radius 3 is 2.83 bits per heavy atom. The maximum absolute atomic E-state index is 11.4. The zero-order valence-electron chi connectivity index (χ0n) is 13.4. The van der Waals surface area contributed by atoms with Crippen molar-refractivity contribution in [2.24, 2.45) is 0 Å². The van der Waals surface area contributed by atoms with Gasteiger partial charge in [-0.2, -0.15) is 0 Å². The van der Waals surface area contributed by atoms with E-state index >= 15 is 0 Å². The summed E-state index contributed by atoms with van der Waals surface area (Å²) in [6, 6.07) is 9.93.